The molecule has 218 valence electrons. The lowest BCUT2D eigenvalue weighted by atomic mass is 9.88. The highest BCUT2D eigenvalue weighted by atomic mass is 19.4. The lowest BCUT2D eigenvalue weighted by Crippen LogP contribution is -2.44. The van der Waals surface area contributed by atoms with Crippen LogP contribution >= 0.6 is 0 Å². The van der Waals surface area contributed by atoms with Crippen molar-refractivity contribution in [2.24, 2.45) is 5.73 Å². The first-order valence-electron chi connectivity index (χ1n) is 13.5. The van der Waals surface area contributed by atoms with Crippen LogP contribution in [0.1, 0.15) is 41.1 Å². The van der Waals surface area contributed by atoms with E-state index in [1.54, 1.807) is 11.9 Å². The maximum Gasteiger partial charge on any atom is 0.416 e. The highest BCUT2D eigenvalue weighted by molar-refractivity contribution is 5.79. The average Bonchev–Trinajstić information content (AvgIpc) is 3.53. The van der Waals surface area contributed by atoms with E-state index in [0.29, 0.717) is 36.4 Å². The largest absolute Gasteiger partial charge is 0.445 e. The molecule has 5 rings (SSSR count). The van der Waals surface area contributed by atoms with Gasteiger partial charge in [0.15, 0.2) is 0 Å². The quantitative estimate of drug-likeness (QED) is 0.233. The molecule has 0 aliphatic carbocycles. The summed E-state index contributed by atoms with van der Waals surface area (Å²) in [4.78, 5) is 31.0. The first kappa shape index (κ1) is 28.7. The molecule has 0 saturated carbocycles. The minimum Gasteiger partial charge on any atom is -0.445 e. The molecule has 11 heteroatoms. The van der Waals surface area contributed by atoms with E-state index in [9.17, 15) is 22.8 Å². The van der Waals surface area contributed by atoms with Gasteiger partial charge in [-0.25, -0.2) is 9.78 Å². The maximum absolute atomic E-state index is 13.5. The maximum atomic E-state index is 13.5. The number of halogens is 3. The van der Waals surface area contributed by atoms with Crippen molar-refractivity contribution in [2.75, 3.05) is 18.9 Å². The zero-order valence-corrected chi connectivity index (χ0v) is 22.9. The molecule has 2 heterocycles. The van der Waals surface area contributed by atoms with Crippen LogP contribution in [0.2, 0.25) is 0 Å². The van der Waals surface area contributed by atoms with E-state index < -0.39 is 23.7 Å². The zero-order valence-electron chi connectivity index (χ0n) is 22.9. The SMILES string of the molecule is CNc1cccc([C@H](CCC(N)=O)NC(=O)N2CCc3c(cc(-c4ncco4)cc3-c3ccc(C(F)(F)F)cc3)C2)c1. The normalized spacial score (nSPS) is 13.8. The minimum atomic E-state index is -4.44. The van der Waals surface area contributed by atoms with Gasteiger partial charge < -0.3 is 25.7 Å². The second-order valence-corrected chi connectivity index (χ2v) is 10.1. The van der Waals surface area contributed by atoms with Crippen LogP contribution in [0.15, 0.2) is 77.5 Å². The minimum absolute atomic E-state index is 0.105. The number of urea groups is 1. The number of nitrogens with zero attached hydrogens (tertiary/aromatic N) is 2. The van der Waals surface area contributed by atoms with Crippen molar-refractivity contribution in [3.8, 4) is 22.6 Å². The fraction of sp³-hybridized carbons (Fsp3) is 0.258. The number of hydrogen-bond donors (Lipinski definition) is 3. The Kier molecular flexibility index (Phi) is 8.19. The topological polar surface area (TPSA) is 113 Å². The smallest absolute Gasteiger partial charge is 0.416 e. The van der Waals surface area contributed by atoms with Gasteiger partial charge in [0.05, 0.1) is 17.8 Å². The van der Waals surface area contributed by atoms with Crippen molar-refractivity contribution in [1.29, 1.82) is 0 Å². The van der Waals surface area contributed by atoms with Gasteiger partial charge in [0.1, 0.15) is 6.26 Å². The summed E-state index contributed by atoms with van der Waals surface area (Å²) in [6, 6.07) is 15.6. The number of alkyl halides is 3. The number of amides is 3. The van der Waals surface area contributed by atoms with Crippen LogP contribution in [0.25, 0.3) is 22.6 Å². The summed E-state index contributed by atoms with van der Waals surface area (Å²) in [5.74, 6) is -0.0933. The lowest BCUT2D eigenvalue weighted by Gasteiger charge is -2.32. The number of carbonyl (C=O) groups is 2. The Morgan fingerprint density at radius 3 is 2.55 bits per heavy atom. The highest BCUT2D eigenvalue weighted by Gasteiger charge is 2.31. The van der Waals surface area contributed by atoms with Gasteiger partial charge >= 0.3 is 12.2 Å². The third-order valence-electron chi connectivity index (χ3n) is 7.38. The average molecular weight is 578 g/mol. The third kappa shape index (κ3) is 6.40. The van der Waals surface area contributed by atoms with Crippen molar-refractivity contribution in [2.45, 2.75) is 38.0 Å². The fourth-order valence-corrected chi connectivity index (χ4v) is 5.22. The van der Waals surface area contributed by atoms with Gasteiger partial charge in [-0.15, -0.1) is 0 Å². The molecule has 1 aliphatic heterocycles. The highest BCUT2D eigenvalue weighted by Crippen LogP contribution is 2.37. The molecule has 3 amide bonds. The molecular weight excluding hydrogens is 547 g/mol. The molecule has 8 nitrogen and oxygen atoms in total. The molecule has 3 aromatic carbocycles. The van der Waals surface area contributed by atoms with Crippen molar-refractivity contribution in [3.63, 3.8) is 0 Å². The van der Waals surface area contributed by atoms with Crippen LogP contribution in [-0.4, -0.2) is 35.4 Å². The van der Waals surface area contributed by atoms with E-state index in [2.05, 4.69) is 15.6 Å². The number of aromatic nitrogens is 1. The van der Waals surface area contributed by atoms with E-state index >= 15 is 0 Å². The molecule has 4 aromatic rings. The molecule has 1 aliphatic rings. The molecule has 0 unspecified atom stereocenters. The third-order valence-corrected chi connectivity index (χ3v) is 7.38. The Morgan fingerprint density at radius 1 is 1.10 bits per heavy atom. The van der Waals surface area contributed by atoms with Crippen molar-refractivity contribution < 1.29 is 27.2 Å². The Labute approximate surface area is 240 Å². The van der Waals surface area contributed by atoms with E-state index in [1.807, 2.05) is 36.4 Å². The standard InChI is InChI=1S/C31H30F3N5O3/c1-36-24-4-2-3-20(16-24)27(9-10-28(35)40)38-30(41)39-13-11-25-22(18-39)15-21(29-37-12-14-42-29)17-26(25)19-5-7-23(8-6-19)31(32,33)34/h2-8,12,14-17,27,36H,9-11,13,18H2,1H3,(H2,35,40)(H,38,41)/t27-/m0/s1. The van der Waals surface area contributed by atoms with Crippen LogP contribution in [0.4, 0.5) is 23.7 Å². The predicted molar refractivity (Wildman–Crippen MR) is 152 cm³/mol. The molecule has 1 atom stereocenters. The summed E-state index contributed by atoms with van der Waals surface area (Å²) in [6.45, 7) is 0.659. The Morgan fingerprint density at radius 2 is 1.88 bits per heavy atom. The van der Waals surface area contributed by atoms with E-state index in [-0.39, 0.29) is 19.0 Å². The van der Waals surface area contributed by atoms with Crippen LogP contribution in [0.3, 0.4) is 0 Å². The Balaban J connectivity index is 1.44. The summed E-state index contributed by atoms with van der Waals surface area (Å²) >= 11 is 0. The lowest BCUT2D eigenvalue weighted by molar-refractivity contribution is -0.137. The number of nitrogens with one attached hydrogen (secondary N) is 2. The predicted octanol–water partition coefficient (Wildman–Crippen LogP) is 6.14. The van der Waals surface area contributed by atoms with Gasteiger partial charge in [-0.05, 0) is 77.1 Å². The number of benzene rings is 3. The molecule has 0 spiro atoms. The van der Waals surface area contributed by atoms with Crippen molar-refractivity contribution in [3.05, 3.63) is 95.4 Å². The van der Waals surface area contributed by atoms with Crippen molar-refractivity contribution in [1.82, 2.24) is 15.2 Å². The monoisotopic (exact) mass is 577 g/mol. The summed E-state index contributed by atoms with van der Waals surface area (Å²) in [5, 5.41) is 6.14. The van der Waals surface area contributed by atoms with Gasteiger partial charge in [-0.3, -0.25) is 4.79 Å². The molecule has 0 bridgehead atoms. The molecule has 42 heavy (non-hydrogen) atoms. The Bertz CT molecular complexity index is 1570. The summed E-state index contributed by atoms with van der Waals surface area (Å²) in [5.41, 5.74) is 10.2. The van der Waals surface area contributed by atoms with Crippen LogP contribution in [0.5, 0.6) is 0 Å². The number of fused-ring (bicyclic) bond motifs is 1. The Hall–Kier alpha value is -4.80. The number of carbonyl (C=O) groups excluding carboxylic acids is 2. The number of anilines is 1. The fourth-order valence-electron chi connectivity index (χ4n) is 5.22. The summed E-state index contributed by atoms with van der Waals surface area (Å²) < 4.78 is 45.1. The number of hydrogen-bond acceptors (Lipinski definition) is 5. The van der Waals surface area contributed by atoms with Gasteiger partial charge in [0.2, 0.25) is 11.8 Å². The second kappa shape index (κ2) is 12.0. The number of nitrogens with two attached hydrogens (primary N) is 1. The van der Waals surface area contributed by atoms with Gasteiger partial charge in [-0.2, -0.15) is 13.2 Å². The van der Waals surface area contributed by atoms with E-state index in [1.165, 1.54) is 24.6 Å². The molecular formula is C31H30F3N5O3. The number of rotatable bonds is 8. The second-order valence-electron chi connectivity index (χ2n) is 10.1. The van der Waals surface area contributed by atoms with Gasteiger partial charge in [-0.1, -0.05) is 24.3 Å². The van der Waals surface area contributed by atoms with E-state index in [4.69, 9.17) is 10.2 Å². The summed E-state index contributed by atoms with van der Waals surface area (Å²) in [6.07, 6.45) is -0.538. The van der Waals surface area contributed by atoms with Crippen LogP contribution < -0.4 is 16.4 Å². The molecule has 0 radical (unpaired) electrons. The van der Waals surface area contributed by atoms with E-state index in [0.717, 1.165) is 40.1 Å². The first-order chi connectivity index (χ1) is 20.1. The molecule has 4 N–H and O–H groups in total. The van der Waals surface area contributed by atoms with Crippen LogP contribution in [0, 0.1) is 0 Å². The van der Waals surface area contributed by atoms with Crippen LogP contribution in [-0.2, 0) is 23.9 Å². The molecule has 0 saturated heterocycles. The zero-order chi connectivity index (χ0) is 29.9. The van der Waals surface area contributed by atoms with Gasteiger partial charge in [0, 0.05) is 37.8 Å². The summed E-state index contributed by atoms with van der Waals surface area (Å²) in [7, 11) is 1.80. The number of oxazole rings is 1. The molecule has 0 fully saturated rings. The van der Waals surface area contributed by atoms with Crippen molar-refractivity contribution >= 4 is 17.6 Å². The number of primary amides is 1. The van der Waals surface area contributed by atoms with Gasteiger partial charge in [0.25, 0.3) is 0 Å². The molecule has 1 aromatic heterocycles. The first-order valence-corrected chi connectivity index (χ1v) is 13.5.